The van der Waals surface area contributed by atoms with Crippen molar-refractivity contribution in [2.24, 2.45) is 5.92 Å². The summed E-state index contributed by atoms with van der Waals surface area (Å²) in [4.78, 5) is 200. The molecule has 1 aromatic heterocycles. The lowest BCUT2D eigenvalue weighted by Crippen LogP contribution is -2.51. The number of anilines is 1. The summed E-state index contributed by atoms with van der Waals surface area (Å²) in [5.41, 5.74) is 4.88. The lowest BCUT2D eigenvalue weighted by atomic mass is 9.88. The van der Waals surface area contributed by atoms with Crippen LogP contribution in [0.1, 0.15) is 121 Å². The van der Waals surface area contributed by atoms with Gasteiger partial charge in [0.25, 0.3) is 0 Å². The quantitative estimate of drug-likeness (QED) is 0.0145. The molecule has 1 aliphatic carbocycles. The van der Waals surface area contributed by atoms with Gasteiger partial charge < -0.3 is 92.6 Å². The molecule has 0 aromatic carbocycles. The highest BCUT2D eigenvalue weighted by atomic mass is 33.1. The van der Waals surface area contributed by atoms with Crippen molar-refractivity contribution >= 4 is 122 Å². The first-order valence-corrected chi connectivity index (χ1v) is 34.6. The molecule has 1 aliphatic heterocycles. The number of nitrogens with one attached hydrogen (secondary N) is 6. The standard InChI is InChI=1S/C48H70N9O30P3S2/c49-42-26(22-57(48(76)56-42)40-21-33(59)34(85-40)23-84-89(80,81)87-90(82,83)86-88(77,78)79)11-8-15-50-35(60)14-16-91-92-24-31(55-43(67)25-9-4-3-5-10-25)32(58)12-6-1-2-7-13-36(61)51-27(44(68)69)17-37(62)52-28(45(70)71)18-38(63)53-29(46(72)73)19-39(64)54-30(47(74)75)20-41(65)66/h22,25,27-31,33-34,40,59H,1-7,9-10,12-21,23-24H2,(H,50,60)(H,51,61)(H,52,62)(H,53,63)(H,54,64)(H,55,67)(H,65,66)(H,68,69)(H,70,71)(H,72,73)(H,74,75)(H,80,81)(H,82,83)(H2,49,56,76)(H2,77,78,79). The Kier molecular flexibility index (Phi) is 33.1. The fourth-order valence-corrected chi connectivity index (χ4v) is 13.7. The number of phosphoric ester groups is 1. The third kappa shape index (κ3) is 30.7. The molecule has 10 atom stereocenters. The number of aromatic nitrogens is 2. The minimum atomic E-state index is -5.83. The third-order valence-electron chi connectivity index (χ3n) is 13.0. The molecule has 3 rings (SSSR count). The Balaban J connectivity index is 1.44. The summed E-state index contributed by atoms with van der Waals surface area (Å²) in [6.45, 7) is -1.21. The van der Waals surface area contributed by atoms with Crippen molar-refractivity contribution in [3.63, 3.8) is 0 Å². The smallest absolute Gasteiger partial charge is 0.481 e. The SMILES string of the molecule is Nc1nc(=O)n(C2CC(O)C(COP(=O)(O)OP(=O)(O)OP(=O)(O)O)O2)cc1C#CCNC(=O)CCSSCC(NC(=O)C1CCCCC1)C(=O)CCCCCCC(=O)NC(CC(=O)NC(CC(=O)NC(CC(=O)NC(CC(=O)O)C(=O)O)C(=O)O)C(=O)O)C(=O)O. The molecule has 6 amide bonds. The van der Waals surface area contributed by atoms with Crippen molar-refractivity contribution in [1.82, 2.24) is 41.5 Å². The predicted octanol–water partition coefficient (Wildman–Crippen LogP) is -2.05. The normalized spacial score (nSPS) is 18.6. The first-order chi connectivity index (χ1) is 42.9. The van der Waals surface area contributed by atoms with Gasteiger partial charge in [0.1, 0.15) is 42.3 Å². The second kappa shape index (κ2) is 38.3. The zero-order chi connectivity index (χ0) is 69.1. The first-order valence-electron chi connectivity index (χ1n) is 27.6. The van der Waals surface area contributed by atoms with Gasteiger partial charge in [-0.3, -0.25) is 47.4 Å². The highest BCUT2D eigenvalue weighted by Gasteiger charge is 2.43. The van der Waals surface area contributed by atoms with Gasteiger partial charge in [-0.2, -0.15) is 13.6 Å². The van der Waals surface area contributed by atoms with Crippen LogP contribution in [0.4, 0.5) is 5.82 Å². The molecule has 44 heteroatoms. The molecular weight excluding hydrogens is 1340 g/mol. The summed E-state index contributed by atoms with van der Waals surface area (Å²) in [5, 5.41) is 70.2. The molecule has 18 N–H and O–H groups in total. The Morgan fingerprint density at radius 2 is 1.18 bits per heavy atom. The van der Waals surface area contributed by atoms with E-state index in [-0.39, 0.29) is 79.1 Å². The molecule has 0 bridgehead atoms. The largest absolute Gasteiger partial charge is 0.490 e. The maximum absolute atomic E-state index is 13.5. The summed E-state index contributed by atoms with van der Waals surface area (Å²) >= 11 is 0. The molecule has 92 heavy (non-hydrogen) atoms. The van der Waals surface area contributed by atoms with Gasteiger partial charge in [-0.1, -0.05) is 65.5 Å². The number of nitrogens with two attached hydrogens (primary N) is 1. The summed E-state index contributed by atoms with van der Waals surface area (Å²) in [6, 6.07) is -8.89. The maximum atomic E-state index is 13.5. The summed E-state index contributed by atoms with van der Waals surface area (Å²) < 4.78 is 52.8. The van der Waals surface area contributed by atoms with Gasteiger partial charge in [-0.15, -0.1) is 0 Å². The van der Waals surface area contributed by atoms with E-state index in [0.717, 1.165) is 30.0 Å². The number of carboxylic acid groups (broad SMARTS) is 5. The van der Waals surface area contributed by atoms with Crippen molar-refractivity contribution in [2.75, 3.05) is 30.4 Å². The number of hydrogen-bond donors (Lipinski definition) is 17. The van der Waals surface area contributed by atoms with Gasteiger partial charge in [0.2, 0.25) is 35.4 Å². The number of phosphoric acid groups is 3. The Hall–Kier alpha value is -6.89. The lowest BCUT2D eigenvalue weighted by molar-refractivity contribution is -0.148. The highest BCUT2D eigenvalue weighted by molar-refractivity contribution is 8.76. The van der Waals surface area contributed by atoms with Crippen molar-refractivity contribution < 1.29 is 139 Å². The van der Waals surface area contributed by atoms with Crippen molar-refractivity contribution in [3.05, 3.63) is 22.2 Å². The molecule has 2 fully saturated rings. The fraction of sp³-hybridized carbons (Fsp3) is 0.625. The summed E-state index contributed by atoms with van der Waals surface area (Å²) in [7, 11) is -14.5. The lowest BCUT2D eigenvalue weighted by Gasteiger charge is -2.24. The topological polar surface area (TPSA) is 628 Å². The number of hydrogen-bond acceptors (Lipinski definition) is 25. The van der Waals surface area contributed by atoms with Crippen LogP contribution in [0.15, 0.2) is 11.0 Å². The van der Waals surface area contributed by atoms with E-state index in [4.69, 9.17) is 30.5 Å². The number of nitrogen functional groups attached to an aromatic ring is 1. The number of nitrogens with zero attached hydrogens (tertiary/aromatic N) is 2. The second-order valence-corrected chi connectivity index (χ2v) is 27.4. The molecular formula is C48H70N9O30P3S2. The predicted molar refractivity (Wildman–Crippen MR) is 312 cm³/mol. The minimum absolute atomic E-state index is 0.000351. The van der Waals surface area contributed by atoms with Gasteiger partial charge in [0, 0.05) is 49.3 Å². The average molecular weight is 1410 g/mol. The van der Waals surface area contributed by atoms with Gasteiger partial charge in [0.15, 0.2) is 5.78 Å². The van der Waals surface area contributed by atoms with Crippen LogP contribution < -0.4 is 43.3 Å². The van der Waals surface area contributed by atoms with Crippen molar-refractivity contribution in [1.29, 1.82) is 0 Å². The Morgan fingerprint density at radius 3 is 1.71 bits per heavy atom. The zero-order valence-corrected chi connectivity index (χ0v) is 52.7. The number of rotatable bonds is 41. The molecule has 1 aromatic rings. The van der Waals surface area contributed by atoms with E-state index < -0.39 is 169 Å². The third-order valence-corrected chi connectivity index (χ3v) is 19.2. The van der Waals surface area contributed by atoms with E-state index in [1.165, 1.54) is 21.6 Å². The van der Waals surface area contributed by atoms with Crippen LogP contribution in [-0.2, 0) is 89.1 Å². The van der Waals surface area contributed by atoms with Crippen molar-refractivity contribution in [2.45, 2.75) is 158 Å². The van der Waals surface area contributed by atoms with E-state index in [1.807, 2.05) is 10.6 Å². The van der Waals surface area contributed by atoms with Gasteiger partial charge >= 0.3 is 59.0 Å². The van der Waals surface area contributed by atoms with Gasteiger partial charge in [-0.05, 0) is 25.7 Å². The molecule has 1 saturated carbocycles. The number of ether oxygens (including phenoxy) is 1. The number of carbonyl (C=O) groups excluding carboxylic acids is 7. The van der Waals surface area contributed by atoms with E-state index in [0.29, 0.717) is 32.1 Å². The van der Waals surface area contributed by atoms with Crippen LogP contribution in [0.2, 0.25) is 0 Å². The number of unbranched alkanes of at least 4 members (excludes halogenated alkanes) is 3. The number of carboxylic acids is 5. The van der Waals surface area contributed by atoms with E-state index in [2.05, 4.69) is 45.9 Å². The van der Waals surface area contributed by atoms with Crippen LogP contribution >= 0.6 is 45.1 Å². The second-order valence-electron chi connectivity index (χ2n) is 20.3. The van der Waals surface area contributed by atoms with Crippen LogP contribution in [0, 0.1) is 17.8 Å². The van der Waals surface area contributed by atoms with Crippen LogP contribution in [-0.4, -0.2) is 198 Å². The Labute approximate surface area is 529 Å². The summed E-state index contributed by atoms with van der Waals surface area (Å²) in [6.07, 6.45) is -2.64. The maximum Gasteiger partial charge on any atom is 0.490 e. The Bertz CT molecular complexity index is 3140. The number of carbonyl (C=O) groups is 12. The average Bonchev–Trinajstić information content (AvgIpc) is 2.01. The first kappa shape index (κ1) is 79.3. The fourth-order valence-electron chi connectivity index (χ4n) is 8.51. The van der Waals surface area contributed by atoms with Crippen LogP contribution in [0.5, 0.6) is 0 Å². The van der Waals surface area contributed by atoms with Crippen LogP contribution in [0.25, 0.3) is 0 Å². The van der Waals surface area contributed by atoms with Crippen molar-refractivity contribution in [3.8, 4) is 11.8 Å². The van der Waals surface area contributed by atoms with Gasteiger partial charge in [0.05, 0.1) is 56.5 Å². The monoisotopic (exact) mass is 1410 g/mol. The minimum Gasteiger partial charge on any atom is -0.481 e. The number of aliphatic hydroxyl groups excluding tert-OH is 1. The van der Waals surface area contributed by atoms with E-state index in [1.54, 1.807) is 5.32 Å². The molecule has 514 valence electrons. The number of ketones is 1. The number of amides is 6. The number of Topliss-reactive ketones (excluding diaryl/α,β-unsaturated/α-hetero) is 1. The summed E-state index contributed by atoms with van der Waals surface area (Å²) in [5.74, 6) is -9.29. The number of aliphatic hydroxyl groups is 1. The highest BCUT2D eigenvalue weighted by Crippen LogP contribution is 2.66. The molecule has 0 radical (unpaired) electrons. The van der Waals surface area contributed by atoms with Crippen LogP contribution in [0.3, 0.4) is 0 Å². The molecule has 2 heterocycles. The number of aliphatic carboxylic acids is 5. The molecule has 1 saturated heterocycles. The zero-order valence-electron chi connectivity index (χ0n) is 48.4. The molecule has 0 spiro atoms. The molecule has 39 nitrogen and oxygen atoms in total. The molecule has 2 aliphatic rings. The Morgan fingerprint density at radius 1 is 0.663 bits per heavy atom. The van der Waals surface area contributed by atoms with Gasteiger partial charge in [-0.25, -0.2) is 37.7 Å². The molecule has 10 unspecified atom stereocenters. The van der Waals surface area contributed by atoms with E-state index in [9.17, 15) is 106 Å². The van der Waals surface area contributed by atoms with E-state index >= 15 is 0 Å².